The van der Waals surface area contributed by atoms with E-state index in [1.165, 1.54) is 7.11 Å². The van der Waals surface area contributed by atoms with Crippen molar-refractivity contribution in [2.45, 2.75) is 13.3 Å². The molecule has 0 aliphatic heterocycles. The zero-order valence-electron chi connectivity index (χ0n) is 10.1. The van der Waals surface area contributed by atoms with E-state index in [1.54, 1.807) is 6.92 Å². The van der Waals surface area contributed by atoms with Crippen molar-refractivity contribution in [2.24, 2.45) is 0 Å². The molecule has 0 radical (unpaired) electrons. The monoisotopic (exact) mass is 267 g/mol. The van der Waals surface area contributed by atoms with Crippen molar-refractivity contribution in [3.63, 3.8) is 0 Å². The minimum atomic E-state index is -3.84. The van der Waals surface area contributed by atoms with Gasteiger partial charge in [0.1, 0.15) is 6.54 Å². The van der Waals surface area contributed by atoms with Crippen molar-refractivity contribution < 1.29 is 27.5 Å². The lowest BCUT2D eigenvalue weighted by Crippen LogP contribution is -2.40. The summed E-state index contributed by atoms with van der Waals surface area (Å²) >= 11 is 0. The first-order valence-corrected chi connectivity index (χ1v) is 6.59. The Balaban J connectivity index is 4.78. The average molecular weight is 267 g/mol. The van der Waals surface area contributed by atoms with Gasteiger partial charge < -0.3 is 9.47 Å². The summed E-state index contributed by atoms with van der Waals surface area (Å²) in [6, 6.07) is 0. The van der Waals surface area contributed by atoms with E-state index in [0.29, 0.717) is 6.42 Å². The van der Waals surface area contributed by atoms with E-state index >= 15 is 0 Å². The van der Waals surface area contributed by atoms with E-state index in [-0.39, 0.29) is 6.54 Å². The highest BCUT2D eigenvalue weighted by atomic mass is 32.2. The Hall–Kier alpha value is -1.15. The molecule has 0 saturated carbocycles. The molecule has 17 heavy (non-hydrogen) atoms. The summed E-state index contributed by atoms with van der Waals surface area (Å²) in [5, 5.41) is 0. The smallest absolute Gasteiger partial charge is 0.322 e. The molecule has 0 aliphatic carbocycles. The fourth-order valence-electron chi connectivity index (χ4n) is 1.07. The van der Waals surface area contributed by atoms with Gasteiger partial charge in [-0.2, -0.15) is 4.31 Å². The molecule has 0 aromatic carbocycles. The Bertz CT molecular complexity index is 364. The lowest BCUT2D eigenvalue weighted by Gasteiger charge is -2.19. The number of hydrogen-bond acceptors (Lipinski definition) is 6. The Labute approximate surface area is 101 Å². The molecule has 0 bridgehead atoms. The molecule has 0 N–H and O–H groups in total. The van der Waals surface area contributed by atoms with Gasteiger partial charge in [0.05, 0.1) is 14.2 Å². The molecule has 0 aromatic rings. The van der Waals surface area contributed by atoms with Gasteiger partial charge in [-0.3, -0.25) is 9.59 Å². The van der Waals surface area contributed by atoms with Crippen LogP contribution in [0.15, 0.2) is 0 Å². The molecular weight excluding hydrogens is 250 g/mol. The van der Waals surface area contributed by atoms with E-state index < -0.39 is 34.3 Å². The molecule has 7 nitrogen and oxygen atoms in total. The molecule has 8 heteroatoms. The number of esters is 2. The summed E-state index contributed by atoms with van der Waals surface area (Å²) < 4.78 is 33.1. The molecule has 0 unspecified atom stereocenters. The Morgan fingerprint density at radius 3 is 2.06 bits per heavy atom. The molecule has 0 spiro atoms. The minimum absolute atomic E-state index is 0.147. The summed E-state index contributed by atoms with van der Waals surface area (Å²) in [6.45, 7) is 1.51. The van der Waals surface area contributed by atoms with E-state index in [4.69, 9.17) is 0 Å². The number of ether oxygens (including phenoxy) is 2. The second kappa shape index (κ2) is 7.23. The van der Waals surface area contributed by atoms with Crippen LogP contribution in [0.3, 0.4) is 0 Å². The molecule has 0 aromatic heterocycles. The number of carbonyl (C=O) groups is 2. The normalized spacial score (nSPS) is 11.3. The van der Waals surface area contributed by atoms with Gasteiger partial charge in [-0.05, 0) is 6.42 Å². The van der Waals surface area contributed by atoms with E-state index in [9.17, 15) is 18.0 Å². The van der Waals surface area contributed by atoms with Gasteiger partial charge in [0.15, 0.2) is 5.75 Å². The first kappa shape index (κ1) is 15.9. The maximum atomic E-state index is 11.8. The van der Waals surface area contributed by atoms with Crippen LogP contribution in [0.5, 0.6) is 0 Å². The number of rotatable bonds is 7. The number of carbonyl (C=O) groups excluding carboxylic acids is 2. The maximum Gasteiger partial charge on any atom is 0.322 e. The lowest BCUT2D eigenvalue weighted by molar-refractivity contribution is -0.141. The number of nitrogens with zero attached hydrogens (tertiary/aromatic N) is 1. The fourth-order valence-corrected chi connectivity index (χ4v) is 2.43. The Morgan fingerprint density at radius 2 is 1.65 bits per heavy atom. The van der Waals surface area contributed by atoms with Gasteiger partial charge in [0, 0.05) is 6.54 Å². The van der Waals surface area contributed by atoms with Crippen LogP contribution in [-0.4, -0.2) is 57.7 Å². The van der Waals surface area contributed by atoms with Gasteiger partial charge in [-0.15, -0.1) is 0 Å². The van der Waals surface area contributed by atoms with Crippen LogP contribution in [0.1, 0.15) is 13.3 Å². The number of methoxy groups -OCH3 is 2. The SMILES string of the molecule is CCCN(CC(=O)OC)S(=O)(=O)CC(=O)OC. The predicted molar refractivity (Wildman–Crippen MR) is 59.7 cm³/mol. The number of hydrogen-bond donors (Lipinski definition) is 0. The van der Waals surface area contributed by atoms with E-state index in [1.807, 2.05) is 0 Å². The third-order valence-electron chi connectivity index (χ3n) is 1.93. The van der Waals surface area contributed by atoms with Crippen LogP contribution in [0.2, 0.25) is 0 Å². The van der Waals surface area contributed by atoms with Crippen molar-refractivity contribution in [1.29, 1.82) is 0 Å². The molecule has 0 heterocycles. The van der Waals surface area contributed by atoms with Crippen LogP contribution in [0.25, 0.3) is 0 Å². The van der Waals surface area contributed by atoms with Gasteiger partial charge in [-0.1, -0.05) is 6.92 Å². The van der Waals surface area contributed by atoms with Gasteiger partial charge >= 0.3 is 11.9 Å². The second-order valence-corrected chi connectivity index (χ2v) is 5.21. The molecule has 0 aliphatic rings. The highest BCUT2D eigenvalue weighted by Crippen LogP contribution is 2.04. The van der Waals surface area contributed by atoms with Gasteiger partial charge in [-0.25, -0.2) is 8.42 Å². The molecule has 100 valence electrons. The van der Waals surface area contributed by atoms with Gasteiger partial charge in [0.25, 0.3) is 0 Å². The zero-order chi connectivity index (χ0) is 13.5. The van der Waals surface area contributed by atoms with E-state index in [2.05, 4.69) is 9.47 Å². The van der Waals surface area contributed by atoms with Crippen molar-refractivity contribution >= 4 is 22.0 Å². The van der Waals surface area contributed by atoms with E-state index in [0.717, 1.165) is 11.4 Å². The van der Waals surface area contributed by atoms with Crippen LogP contribution in [0, 0.1) is 0 Å². The summed E-state index contributed by atoms with van der Waals surface area (Å²) in [4.78, 5) is 22.0. The first-order chi connectivity index (χ1) is 7.87. The highest BCUT2D eigenvalue weighted by molar-refractivity contribution is 7.89. The summed E-state index contributed by atoms with van der Waals surface area (Å²) in [7, 11) is -1.58. The quantitative estimate of drug-likeness (QED) is 0.571. The molecular formula is C9H17NO6S. The van der Waals surface area contributed by atoms with Crippen molar-refractivity contribution in [3.8, 4) is 0 Å². The molecule has 0 amide bonds. The van der Waals surface area contributed by atoms with Crippen LogP contribution in [-0.2, 0) is 29.1 Å². The fraction of sp³-hybridized carbons (Fsp3) is 0.778. The summed E-state index contributed by atoms with van der Waals surface area (Å²) in [5.41, 5.74) is 0. The van der Waals surface area contributed by atoms with Crippen LogP contribution >= 0.6 is 0 Å². The third-order valence-corrected chi connectivity index (χ3v) is 3.63. The van der Waals surface area contributed by atoms with Crippen LogP contribution < -0.4 is 0 Å². The van der Waals surface area contributed by atoms with Gasteiger partial charge in [0.2, 0.25) is 10.0 Å². The molecule has 0 fully saturated rings. The Kier molecular flexibility index (Phi) is 6.74. The van der Waals surface area contributed by atoms with Crippen LogP contribution in [0.4, 0.5) is 0 Å². The van der Waals surface area contributed by atoms with Crippen molar-refractivity contribution in [1.82, 2.24) is 4.31 Å². The Morgan fingerprint density at radius 1 is 1.12 bits per heavy atom. The molecule has 0 atom stereocenters. The standard InChI is InChI=1S/C9H17NO6S/c1-4-5-10(6-8(11)15-2)17(13,14)7-9(12)16-3/h4-7H2,1-3H3. The lowest BCUT2D eigenvalue weighted by atomic mass is 10.5. The predicted octanol–water partition coefficient (Wildman–Crippen LogP) is -0.626. The molecule has 0 rings (SSSR count). The maximum absolute atomic E-state index is 11.8. The topological polar surface area (TPSA) is 90.0 Å². The largest absolute Gasteiger partial charge is 0.468 e. The minimum Gasteiger partial charge on any atom is -0.468 e. The van der Waals surface area contributed by atoms with Crippen molar-refractivity contribution in [3.05, 3.63) is 0 Å². The number of sulfonamides is 1. The third kappa shape index (κ3) is 5.64. The zero-order valence-corrected chi connectivity index (χ0v) is 10.9. The molecule has 0 saturated heterocycles. The van der Waals surface area contributed by atoms with Crippen molar-refractivity contribution in [2.75, 3.05) is 33.1 Å². The summed E-state index contributed by atoms with van der Waals surface area (Å²) in [5.74, 6) is -2.32. The first-order valence-electron chi connectivity index (χ1n) is 4.98. The second-order valence-electron chi connectivity index (χ2n) is 3.24. The average Bonchev–Trinajstić information content (AvgIpc) is 2.27. The highest BCUT2D eigenvalue weighted by Gasteiger charge is 2.27. The summed E-state index contributed by atoms with van der Waals surface area (Å²) in [6.07, 6.45) is 0.525.